The SMILES string of the molecule is CCC(C)(CNC(=O)N(C)CC(=O)N1CCCC1)C(=O)O. The van der Waals surface area contributed by atoms with Gasteiger partial charge in [0, 0.05) is 26.7 Å². The Morgan fingerprint density at radius 1 is 1.29 bits per heavy atom. The smallest absolute Gasteiger partial charge is 0.317 e. The molecule has 0 aromatic carbocycles. The molecule has 3 amide bonds. The predicted molar refractivity (Wildman–Crippen MR) is 77.9 cm³/mol. The third-order valence-electron chi connectivity index (χ3n) is 4.10. The van der Waals surface area contributed by atoms with Crippen LogP contribution in [-0.4, -0.2) is 66.0 Å². The Labute approximate surface area is 125 Å². The van der Waals surface area contributed by atoms with Gasteiger partial charge in [-0.2, -0.15) is 0 Å². The molecule has 0 aliphatic carbocycles. The van der Waals surface area contributed by atoms with Gasteiger partial charge in [-0.05, 0) is 26.2 Å². The van der Waals surface area contributed by atoms with E-state index in [0.717, 1.165) is 25.9 Å². The third kappa shape index (κ3) is 4.61. The van der Waals surface area contributed by atoms with E-state index in [-0.39, 0.29) is 19.0 Å². The summed E-state index contributed by atoms with van der Waals surface area (Å²) in [5.41, 5.74) is -0.991. The van der Waals surface area contributed by atoms with Crippen molar-refractivity contribution in [1.29, 1.82) is 0 Å². The van der Waals surface area contributed by atoms with Gasteiger partial charge in [0.05, 0.1) is 5.41 Å². The first kappa shape index (κ1) is 17.3. The van der Waals surface area contributed by atoms with Crippen molar-refractivity contribution in [2.45, 2.75) is 33.1 Å². The molecular formula is C14H25N3O4. The Kier molecular flexibility index (Phi) is 5.99. The number of likely N-dealkylation sites (N-methyl/N-ethyl adjacent to an activating group) is 1. The Morgan fingerprint density at radius 3 is 2.33 bits per heavy atom. The summed E-state index contributed by atoms with van der Waals surface area (Å²) in [5.74, 6) is -1.01. The fraction of sp³-hybridized carbons (Fsp3) is 0.786. The summed E-state index contributed by atoms with van der Waals surface area (Å²) in [4.78, 5) is 38.1. The molecule has 1 unspecified atom stereocenters. The van der Waals surface area contributed by atoms with E-state index in [9.17, 15) is 14.4 Å². The molecule has 1 atom stereocenters. The zero-order valence-electron chi connectivity index (χ0n) is 13.0. The normalized spacial score (nSPS) is 17.2. The number of likely N-dealkylation sites (tertiary alicyclic amines) is 1. The Balaban J connectivity index is 2.43. The number of rotatable bonds is 6. The monoisotopic (exact) mass is 299 g/mol. The molecule has 7 nitrogen and oxygen atoms in total. The number of aliphatic carboxylic acids is 1. The summed E-state index contributed by atoms with van der Waals surface area (Å²) < 4.78 is 0. The molecule has 21 heavy (non-hydrogen) atoms. The molecule has 1 heterocycles. The lowest BCUT2D eigenvalue weighted by Crippen LogP contribution is -2.48. The standard InChI is InChI=1S/C14H25N3O4/c1-4-14(2,12(19)20)10-15-13(21)16(3)9-11(18)17-7-5-6-8-17/h4-10H2,1-3H3,(H,15,21)(H,19,20). The van der Waals surface area contributed by atoms with Crippen LogP contribution < -0.4 is 5.32 Å². The van der Waals surface area contributed by atoms with Crippen LogP contribution in [0.5, 0.6) is 0 Å². The van der Waals surface area contributed by atoms with Gasteiger partial charge < -0.3 is 20.2 Å². The van der Waals surface area contributed by atoms with Gasteiger partial charge in [-0.15, -0.1) is 0 Å². The largest absolute Gasteiger partial charge is 0.481 e. The lowest BCUT2D eigenvalue weighted by Gasteiger charge is -2.26. The number of hydrogen-bond acceptors (Lipinski definition) is 3. The van der Waals surface area contributed by atoms with Crippen LogP contribution in [0.4, 0.5) is 4.79 Å². The van der Waals surface area contributed by atoms with Crippen LogP contribution in [0, 0.1) is 5.41 Å². The molecule has 0 spiro atoms. The fourth-order valence-electron chi connectivity index (χ4n) is 2.10. The van der Waals surface area contributed by atoms with Crippen LogP contribution in [-0.2, 0) is 9.59 Å². The quantitative estimate of drug-likeness (QED) is 0.757. The highest BCUT2D eigenvalue weighted by atomic mass is 16.4. The summed E-state index contributed by atoms with van der Waals surface area (Å²) in [6.45, 7) is 4.91. The molecule has 7 heteroatoms. The zero-order valence-corrected chi connectivity index (χ0v) is 13.0. The second-order valence-corrected chi connectivity index (χ2v) is 5.82. The van der Waals surface area contributed by atoms with Crippen molar-refractivity contribution in [2.75, 3.05) is 33.2 Å². The minimum absolute atomic E-state index is 0.0156. The van der Waals surface area contributed by atoms with Crippen LogP contribution in [0.2, 0.25) is 0 Å². The van der Waals surface area contributed by atoms with Crippen molar-refractivity contribution in [1.82, 2.24) is 15.1 Å². The highest BCUT2D eigenvalue weighted by Crippen LogP contribution is 2.19. The third-order valence-corrected chi connectivity index (χ3v) is 4.10. The van der Waals surface area contributed by atoms with E-state index in [1.165, 1.54) is 11.9 Å². The number of carbonyl (C=O) groups is 3. The molecular weight excluding hydrogens is 274 g/mol. The number of carboxylic acid groups (broad SMARTS) is 1. The average Bonchev–Trinajstić information content (AvgIpc) is 2.98. The summed E-state index contributed by atoms with van der Waals surface area (Å²) in [6, 6.07) is -0.427. The molecule has 1 fully saturated rings. The van der Waals surface area contributed by atoms with Crippen LogP contribution in [0.3, 0.4) is 0 Å². The maximum Gasteiger partial charge on any atom is 0.317 e. The number of nitrogens with one attached hydrogen (secondary N) is 1. The molecule has 0 bridgehead atoms. The number of carbonyl (C=O) groups excluding carboxylic acids is 2. The van der Waals surface area contributed by atoms with Gasteiger partial charge >= 0.3 is 12.0 Å². The van der Waals surface area contributed by atoms with Crippen molar-refractivity contribution in [3.63, 3.8) is 0 Å². The molecule has 2 N–H and O–H groups in total. The van der Waals surface area contributed by atoms with E-state index in [1.54, 1.807) is 18.7 Å². The van der Waals surface area contributed by atoms with E-state index < -0.39 is 17.4 Å². The van der Waals surface area contributed by atoms with Gasteiger partial charge in [-0.25, -0.2) is 4.79 Å². The van der Waals surface area contributed by atoms with Gasteiger partial charge in [0.1, 0.15) is 6.54 Å². The van der Waals surface area contributed by atoms with Gasteiger partial charge in [0.2, 0.25) is 5.91 Å². The minimum atomic E-state index is -0.991. The Bertz CT molecular complexity index is 407. The van der Waals surface area contributed by atoms with E-state index in [1.807, 2.05) is 0 Å². The lowest BCUT2D eigenvalue weighted by molar-refractivity contribution is -0.147. The molecule has 0 aromatic rings. The Morgan fingerprint density at radius 2 is 1.86 bits per heavy atom. The number of carboxylic acids is 1. The van der Waals surface area contributed by atoms with Crippen LogP contribution in [0.25, 0.3) is 0 Å². The summed E-state index contributed by atoms with van der Waals surface area (Å²) >= 11 is 0. The lowest BCUT2D eigenvalue weighted by atomic mass is 9.88. The zero-order chi connectivity index (χ0) is 16.0. The van der Waals surface area contributed by atoms with E-state index >= 15 is 0 Å². The van der Waals surface area contributed by atoms with Crippen molar-refractivity contribution in [3.8, 4) is 0 Å². The summed E-state index contributed by atoms with van der Waals surface area (Å²) in [7, 11) is 1.54. The topological polar surface area (TPSA) is 90.0 Å². The maximum absolute atomic E-state index is 11.9. The highest BCUT2D eigenvalue weighted by Gasteiger charge is 2.32. The van der Waals surface area contributed by atoms with E-state index in [0.29, 0.717) is 6.42 Å². The molecule has 1 aliphatic heterocycles. The number of nitrogens with zero attached hydrogens (tertiary/aromatic N) is 2. The first-order valence-corrected chi connectivity index (χ1v) is 7.30. The minimum Gasteiger partial charge on any atom is -0.481 e. The van der Waals surface area contributed by atoms with Gasteiger partial charge in [-0.3, -0.25) is 9.59 Å². The summed E-state index contributed by atoms with van der Waals surface area (Å²) in [5, 5.41) is 11.7. The average molecular weight is 299 g/mol. The van der Waals surface area contributed by atoms with Crippen molar-refractivity contribution in [3.05, 3.63) is 0 Å². The molecule has 120 valence electrons. The second kappa shape index (κ2) is 7.28. The number of hydrogen-bond donors (Lipinski definition) is 2. The molecule has 0 aromatic heterocycles. The van der Waals surface area contributed by atoms with Crippen molar-refractivity contribution < 1.29 is 19.5 Å². The fourth-order valence-corrected chi connectivity index (χ4v) is 2.10. The van der Waals surface area contributed by atoms with Gasteiger partial charge in [0.25, 0.3) is 0 Å². The first-order chi connectivity index (χ1) is 9.80. The predicted octanol–water partition coefficient (Wildman–Crippen LogP) is 0.751. The number of amides is 3. The second-order valence-electron chi connectivity index (χ2n) is 5.82. The first-order valence-electron chi connectivity index (χ1n) is 7.30. The van der Waals surface area contributed by atoms with Crippen LogP contribution in [0.1, 0.15) is 33.1 Å². The van der Waals surface area contributed by atoms with E-state index in [4.69, 9.17) is 5.11 Å². The molecule has 1 rings (SSSR count). The van der Waals surface area contributed by atoms with Crippen LogP contribution in [0.15, 0.2) is 0 Å². The van der Waals surface area contributed by atoms with Gasteiger partial charge in [-0.1, -0.05) is 6.92 Å². The highest BCUT2D eigenvalue weighted by molar-refractivity contribution is 5.84. The molecule has 1 aliphatic rings. The summed E-state index contributed by atoms with van der Waals surface area (Å²) in [6.07, 6.45) is 2.43. The van der Waals surface area contributed by atoms with Gasteiger partial charge in [0.15, 0.2) is 0 Å². The maximum atomic E-state index is 11.9. The molecule has 0 saturated carbocycles. The van der Waals surface area contributed by atoms with Crippen LogP contribution >= 0.6 is 0 Å². The Hall–Kier alpha value is -1.79. The van der Waals surface area contributed by atoms with E-state index in [2.05, 4.69) is 5.32 Å². The molecule has 0 radical (unpaired) electrons. The van der Waals surface area contributed by atoms with Crippen molar-refractivity contribution in [2.24, 2.45) is 5.41 Å². The van der Waals surface area contributed by atoms with Crippen molar-refractivity contribution >= 4 is 17.9 Å². The molecule has 1 saturated heterocycles. The number of urea groups is 1.